The van der Waals surface area contributed by atoms with E-state index >= 15 is 0 Å². The number of hydrogen-bond acceptors (Lipinski definition) is 3. The molecule has 20 heavy (non-hydrogen) atoms. The van der Waals surface area contributed by atoms with Crippen LogP contribution < -0.4 is 5.32 Å². The summed E-state index contributed by atoms with van der Waals surface area (Å²) in [7, 11) is 2.21. The van der Waals surface area contributed by atoms with E-state index in [1.54, 1.807) is 0 Å². The first-order chi connectivity index (χ1) is 9.68. The van der Waals surface area contributed by atoms with Crippen molar-refractivity contribution in [3.8, 4) is 0 Å². The van der Waals surface area contributed by atoms with Gasteiger partial charge in [0.15, 0.2) is 0 Å². The maximum Gasteiger partial charge on any atom is 0.0948 e. The lowest BCUT2D eigenvalue weighted by Gasteiger charge is -2.24. The standard InChI is InChI=1S/C16H30N4/c1-14(2)19(3)10-4-5-11-20-13-18-12-16(20)15-6-8-17-9-7-15/h12-15,17H,4-11H2,1-3H3. The highest BCUT2D eigenvalue weighted by Gasteiger charge is 2.18. The number of rotatable bonds is 7. The Balaban J connectivity index is 1.77. The van der Waals surface area contributed by atoms with E-state index in [2.05, 4.69) is 46.9 Å². The first-order valence-corrected chi connectivity index (χ1v) is 8.09. The molecule has 1 fully saturated rings. The Bertz CT molecular complexity index is 380. The van der Waals surface area contributed by atoms with Gasteiger partial charge >= 0.3 is 0 Å². The van der Waals surface area contributed by atoms with E-state index < -0.39 is 0 Å². The predicted octanol–water partition coefficient (Wildman–Crippen LogP) is 2.47. The van der Waals surface area contributed by atoms with Gasteiger partial charge < -0.3 is 14.8 Å². The van der Waals surface area contributed by atoms with Crippen molar-refractivity contribution in [1.29, 1.82) is 0 Å². The third-order valence-corrected chi connectivity index (χ3v) is 4.54. The molecule has 4 nitrogen and oxygen atoms in total. The summed E-state index contributed by atoms with van der Waals surface area (Å²) in [6.07, 6.45) is 9.10. The molecule has 2 rings (SSSR count). The summed E-state index contributed by atoms with van der Waals surface area (Å²) in [6, 6.07) is 0.647. The third-order valence-electron chi connectivity index (χ3n) is 4.54. The summed E-state index contributed by atoms with van der Waals surface area (Å²) < 4.78 is 2.38. The molecule has 0 atom stereocenters. The van der Waals surface area contributed by atoms with Crippen LogP contribution in [0.1, 0.15) is 51.1 Å². The van der Waals surface area contributed by atoms with Crippen molar-refractivity contribution < 1.29 is 0 Å². The number of piperidine rings is 1. The van der Waals surface area contributed by atoms with E-state index in [1.807, 2.05) is 6.33 Å². The van der Waals surface area contributed by atoms with Crippen molar-refractivity contribution in [3.05, 3.63) is 18.2 Å². The number of hydrogen-bond donors (Lipinski definition) is 1. The molecule has 0 aromatic carbocycles. The van der Waals surface area contributed by atoms with Crippen LogP contribution in [-0.2, 0) is 6.54 Å². The molecule has 4 heteroatoms. The van der Waals surface area contributed by atoms with Gasteiger partial charge in [0.25, 0.3) is 0 Å². The van der Waals surface area contributed by atoms with Gasteiger partial charge in [0.2, 0.25) is 0 Å². The molecule has 0 bridgehead atoms. The molecular weight excluding hydrogens is 248 g/mol. The van der Waals surface area contributed by atoms with E-state index in [-0.39, 0.29) is 0 Å². The third kappa shape index (κ3) is 4.32. The van der Waals surface area contributed by atoms with Gasteiger partial charge in [-0.1, -0.05) is 0 Å². The zero-order valence-electron chi connectivity index (χ0n) is 13.3. The second kappa shape index (κ2) is 7.79. The molecule has 1 aromatic rings. The number of aromatic nitrogens is 2. The molecular formula is C16H30N4. The van der Waals surface area contributed by atoms with Gasteiger partial charge in [0, 0.05) is 30.4 Å². The fourth-order valence-electron chi connectivity index (χ4n) is 2.88. The summed E-state index contributed by atoms with van der Waals surface area (Å²) in [6.45, 7) is 9.11. The van der Waals surface area contributed by atoms with E-state index in [0.717, 1.165) is 19.6 Å². The molecule has 1 saturated heterocycles. The lowest BCUT2D eigenvalue weighted by Crippen LogP contribution is -2.28. The molecule has 1 aliphatic rings. The maximum absolute atomic E-state index is 4.37. The lowest BCUT2D eigenvalue weighted by atomic mass is 9.95. The maximum atomic E-state index is 4.37. The fraction of sp³-hybridized carbons (Fsp3) is 0.812. The van der Waals surface area contributed by atoms with Crippen molar-refractivity contribution >= 4 is 0 Å². The van der Waals surface area contributed by atoms with Gasteiger partial charge in [-0.2, -0.15) is 0 Å². The number of nitrogens with one attached hydrogen (secondary N) is 1. The topological polar surface area (TPSA) is 33.1 Å². The first-order valence-electron chi connectivity index (χ1n) is 8.09. The van der Waals surface area contributed by atoms with Gasteiger partial charge in [-0.25, -0.2) is 4.98 Å². The minimum absolute atomic E-state index is 0.647. The van der Waals surface area contributed by atoms with Gasteiger partial charge in [0.05, 0.1) is 6.33 Å². The molecule has 0 unspecified atom stereocenters. The van der Waals surface area contributed by atoms with Crippen LogP contribution >= 0.6 is 0 Å². The minimum atomic E-state index is 0.647. The number of nitrogens with zero attached hydrogens (tertiary/aromatic N) is 3. The van der Waals surface area contributed by atoms with E-state index in [0.29, 0.717) is 12.0 Å². The van der Waals surface area contributed by atoms with E-state index in [1.165, 1.54) is 37.9 Å². The van der Waals surface area contributed by atoms with Crippen LogP contribution in [0, 0.1) is 0 Å². The predicted molar refractivity (Wildman–Crippen MR) is 84.1 cm³/mol. The number of imidazole rings is 1. The van der Waals surface area contributed by atoms with Crippen LogP contribution in [0.5, 0.6) is 0 Å². The zero-order valence-corrected chi connectivity index (χ0v) is 13.3. The molecule has 1 aromatic heterocycles. The van der Waals surface area contributed by atoms with Crippen molar-refractivity contribution in [2.45, 2.75) is 58.0 Å². The summed E-state index contributed by atoms with van der Waals surface area (Å²) >= 11 is 0. The van der Waals surface area contributed by atoms with Crippen molar-refractivity contribution in [2.75, 3.05) is 26.7 Å². The highest BCUT2D eigenvalue weighted by molar-refractivity contribution is 5.07. The van der Waals surface area contributed by atoms with Gasteiger partial charge in [-0.15, -0.1) is 0 Å². The summed E-state index contributed by atoms with van der Waals surface area (Å²) in [4.78, 5) is 6.79. The van der Waals surface area contributed by atoms with Crippen LogP contribution in [0.4, 0.5) is 0 Å². The highest BCUT2D eigenvalue weighted by atomic mass is 15.1. The van der Waals surface area contributed by atoms with Crippen LogP contribution in [0.15, 0.2) is 12.5 Å². The van der Waals surface area contributed by atoms with Crippen molar-refractivity contribution in [3.63, 3.8) is 0 Å². The SMILES string of the molecule is CC(C)N(C)CCCCn1cncc1C1CCNCC1. The molecule has 1 N–H and O–H groups in total. The second-order valence-corrected chi connectivity index (χ2v) is 6.32. The van der Waals surface area contributed by atoms with Gasteiger partial charge in [-0.3, -0.25) is 0 Å². The quantitative estimate of drug-likeness (QED) is 0.778. The average Bonchev–Trinajstić information content (AvgIpc) is 2.92. The lowest BCUT2D eigenvalue weighted by molar-refractivity contribution is 0.266. The summed E-state index contributed by atoms with van der Waals surface area (Å²) in [5.74, 6) is 0.706. The molecule has 2 heterocycles. The molecule has 0 saturated carbocycles. The summed E-state index contributed by atoms with van der Waals surface area (Å²) in [5.41, 5.74) is 1.45. The van der Waals surface area contributed by atoms with Crippen LogP contribution in [0.3, 0.4) is 0 Å². The Kier molecular flexibility index (Phi) is 6.05. The Morgan fingerprint density at radius 1 is 1.35 bits per heavy atom. The first kappa shape index (κ1) is 15.5. The van der Waals surface area contributed by atoms with Crippen molar-refractivity contribution in [1.82, 2.24) is 19.8 Å². The number of aryl methyl sites for hydroxylation is 1. The molecule has 0 amide bonds. The van der Waals surface area contributed by atoms with Crippen molar-refractivity contribution in [2.24, 2.45) is 0 Å². The minimum Gasteiger partial charge on any atom is -0.334 e. The van der Waals surface area contributed by atoms with Gasteiger partial charge in [0.1, 0.15) is 0 Å². The monoisotopic (exact) mass is 278 g/mol. The number of unbranched alkanes of at least 4 members (excludes halogenated alkanes) is 1. The molecule has 1 aliphatic heterocycles. The zero-order chi connectivity index (χ0) is 14.4. The highest BCUT2D eigenvalue weighted by Crippen LogP contribution is 2.25. The molecule has 0 radical (unpaired) electrons. The Morgan fingerprint density at radius 3 is 2.80 bits per heavy atom. The van der Waals surface area contributed by atoms with Crippen LogP contribution in [0.25, 0.3) is 0 Å². The van der Waals surface area contributed by atoms with Gasteiger partial charge in [-0.05, 0) is 66.2 Å². The fourth-order valence-corrected chi connectivity index (χ4v) is 2.88. The Labute approximate surface area is 123 Å². The van der Waals surface area contributed by atoms with Crippen LogP contribution in [-0.4, -0.2) is 47.2 Å². The average molecular weight is 278 g/mol. The molecule has 114 valence electrons. The van der Waals surface area contributed by atoms with Crippen LogP contribution in [0.2, 0.25) is 0 Å². The molecule has 0 spiro atoms. The smallest absolute Gasteiger partial charge is 0.0948 e. The summed E-state index contributed by atoms with van der Waals surface area (Å²) in [5, 5.41) is 3.44. The van der Waals surface area contributed by atoms with E-state index in [4.69, 9.17) is 0 Å². The normalized spacial score (nSPS) is 17.2. The molecule has 0 aliphatic carbocycles. The Hall–Kier alpha value is -0.870. The largest absolute Gasteiger partial charge is 0.334 e. The van der Waals surface area contributed by atoms with E-state index in [9.17, 15) is 0 Å². The second-order valence-electron chi connectivity index (χ2n) is 6.32. The Morgan fingerprint density at radius 2 is 2.10 bits per heavy atom.